The lowest BCUT2D eigenvalue weighted by molar-refractivity contribution is 0.658. The van der Waals surface area contributed by atoms with Crippen LogP contribution in [0.3, 0.4) is 0 Å². The number of aromatic nitrogens is 2. The molecular weight excluding hydrogens is 164 g/mol. The van der Waals surface area contributed by atoms with E-state index in [1.165, 1.54) is 0 Å². The molecule has 0 amide bonds. The van der Waals surface area contributed by atoms with Crippen molar-refractivity contribution in [2.24, 2.45) is 0 Å². The van der Waals surface area contributed by atoms with Crippen LogP contribution in [-0.2, 0) is 13.1 Å². The third-order valence-corrected chi connectivity index (χ3v) is 2.15. The molecule has 0 unspecified atom stereocenters. The molecule has 0 atom stereocenters. The van der Waals surface area contributed by atoms with E-state index in [-0.39, 0.29) is 5.69 Å². The number of rotatable bonds is 4. The van der Waals surface area contributed by atoms with Crippen LogP contribution >= 0.6 is 0 Å². The summed E-state index contributed by atoms with van der Waals surface area (Å²) in [4.78, 5) is 11.5. The predicted octanol–water partition coefficient (Wildman–Crippen LogP) is 1.64. The lowest BCUT2D eigenvalue weighted by Gasteiger charge is -2.01. The molecular formula is C10H16N2O. The van der Waals surface area contributed by atoms with Gasteiger partial charge in [-0.25, -0.2) is 4.79 Å². The van der Waals surface area contributed by atoms with E-state index >= 15 is 0 Å². The van der Waals surface area contributed by atoms with Crippen LogP contribution in [0.25, 0.3) is 0 Å². The Bertz CT molecular complexity index is 346. The van der Waals surface area contributed by atoms with Crippen LogP contribution in [-0.4, -0.2) is 9.13 Å². The highest BCUT2D eigenvalue weighted by Gasteiger charge is 2.01. The monoisotopic (exact) mass is 180 g/mol. The third kappa shape index (κ3) is 2.11. The molecule has 3 heteroatoms. The molecule has 13 heavy (non-hydrogen) atoms. The number of allylic oxidation sites excluding steroid dienone is 1. The molecule has 0 fully saturated rings. The Balaban J connectivity index is 2.84. The Morgan fingerprint density at radius 1 is 1.38 bits per heavy atom. The molecule has 0 aromatic carbocycles. The first-order valence-electron chi connectivity index (χ1n) is 4.61. The Morgan fingerprint density at radius 2 is 2.00 bits per heavy atom. The summed E-state index contributed by atoms with van der Waals surface area (Å²) < 4.78 is 3.37. The molecule has 0 bridgehead atoms. The zero-order valence-electron chi connectivity index (χ0n) is 8.29. The van der Waals surface area contributed by atoms with Crippen LogP contribution in [0.2, 0.25) is 0 Å². The summed E-state index contributed by atoms with van der Waals surface area (Å²) in [6, 6.07) is 0. The molecule has 0 aliphatic carbocycles. The molecule has 0 saturated carbocycles. The van der Waals surface area contributed by atoms with E-state index in [1.54, 1.807) is 9.13 Å². The van der Waals surface area contributed by atoms with Crippen LogP contribution in [0, 0.1) is 0 Å². The lowest BCUT2D eigenvalue weighted by Crippen LogP contribution is -2.23. The molecule has 0 aliphatic rings. The van der Waals surface area contributed by atoms with E-state index in [4.69, 9.17) is 0 Å². The Labute approximate surface area is 78.3 Å². The van der Waals surface area contributed by atoms with Crippen molar-refractivity contribution < 1.29 is 0 Å². The minimum Gasteiger partial charge on any atom is -0.300 e. The largest absolute Gasteiger partial charge is 0.328 e. The van der Waals surface area contributed by atoms with Crippen molar-refractivity contribution in [3.05, 3.63) is 35.0 Å². The second-order valence-electron chi connectivity index (χ2n) is 3.10. The van der Waals surface area contributed by atoms with E-state index in [9.17, 15) is 4.79 Å². The van der Waals surface area contributed by atoms with Crippen LogP contribution in [0.4, 0.5) is 0 Å². The summed E-state index contributed by atoms with van der Waals surface area (Å²) in [5.41, 5.74) is 1.13. The highest BCUT2D eigenvalue weighted by Crippen LogP contribution is 1.99. The first-order valence-corrected chi connectivity index (χ1v) is 4.61. The molecule has 0 saturated heterocycles. The molecule has 72 valence electrons. The summed E-state index contributed by atoms with van der Waals surface area (Å²) in [5, 5.41) is 0. The highest BCUT2D eigenvalue weighted by atomic mass is 16.1. The standard InChI is InChI=1S/C10H16N2O/c1-4-9(3)8-12-7-6-11(5-2)10(12)13/h6-7H,3-5,8H2,1-2H3. The minimum absolute atomic E-state index is 0.0529. The van der Waals surface area contributed by atoms with Gasteiger partial charge in [0.15, 0.2) is 0 Å². The molecule has 0 aliphatic heterocycles. The predicted molar refractivity (Wildman–Crippen MR) is 53.8 cm³/mol. The SMILES string of the molecule is C=C(CC)Cn1ccn(CC)c1=O. The summed E-state index contributed by atoms with van der Waals surface area (Å²) in [7, 11) is 0. The van der Waals surface area contributed by atoms with Gasteiger partial charge in [0, 0.05) is 25.5 Å². The summed E-state index contributed by atoms with van der Waals surface area (Å²) in [6.45, 7) is 9.25. The maximum Gasteiger partial charge on any atom is 0.328 e. The first kappa shape index (κ1) is 9.84. The lowest BCUT2D eigenvalue weighted by atomic mass is 10.2. The van der Waals surface area contributed by atoms with Gasteiger partial charge in [0.25, 0.3) is 0 Å². The molecule has 0 N–H and O–H groups in total. The smallest absolute Gasteiger partial charge is 0.300 e. The molecule has 0 spiro atoms. The van der Waals surface area contributed by atoms with Gasteiger partial charge in [-0.05, 0) is 13.3 Å². The van der Waals surface area contributed by atoms with Crippen molar-refractivity contribution >= 4 is 0 Å². The van der Waals surface area contributed by atoms with Crippen LogP contribution < -0.4 is 5.69 Å². The van der Waals surface area contributed by atoms with E-state index in [2.05, 4.69) is 6.58 Å². The van der Waals surface area contributed by atoms with Crippen LogP contribution in [0.15, 0.2) is 29.3 Å². The summed E-state index contributed by atoms with van der Waals surface area (Å²) >= 11 is 0. The zero-order valence-corrected chi connectivity index (χ0v) is 8.29. The molecule has 1 aromatic heterocycles. The van der Waals surface area contributed by atoms with Gasteiger partial charge in [-0.2, -0.15) is 0 Å². The van der Waals surface area contributed by atoms with Crippen molar-refractivity contribution in [2.75, 3.05) is 0 Å². The van der Waals surface area contributed by atoms with Crippen molar-refractivity contribution in [1.29, 1.82) is 0 Å². The fourth-order valence-corrected chi connectivity index (χ4v) is 1.17. The average molecular weight is 180 g/mol. The second-order valence-corrected chi connectivity index (χ2v) is 3.10. The topological polar surface area (TPSA) is 26.9 Å². The maximum atomic E-state index is 11.5. The van der Waals surface area contributed by atoms with Gasteiger partial charge >= 0.3 is 5.69 Å². The Kier molecular flexibility index (Phi) is 3.12. The van der Waals surface area contributed by atoms with Gasteiger partial charge < -0.3 is 0 Å². The fraction of sp³-hybridized carbons (Fsp3) is 0.500. The maximum absolute atomic E-state index is 11.5. The molecule has 1 rings (SSSR count). The number of imidazole rings is 1. The van der Waals surface area contributed by atoms with Gasteiger partial charge in [0.2, 0.25) is 0 Å². The van der Waals surface area contributed by atoms with Crippen LogP contribution in [0.1, 0.15) is 20.3 Å². The normalized spacial score (nSPS) is 10.3. The van der Waals surface area contributed by atoms with Crippen molar-refractivity contribution in [3.8, 4) is 0 Å². The summed E-state index contributed by atoms with van der Waals surface area (Å²) in [5.74, 6) is 0. The number of hydrogen-bond donors (Lipinski definition) is 0. The van der Waals surface area contributed by atoms with Gasteiger partial charge in [-0.1, -0.05) is 19.1 Å². The van der Waals surface area contributed by atoms with Gasteiger partial charge in [-0.15, -0.1) is 0 Å². The summed E-state index contributed by atoms with van der Waals surface area (Å²) in [6.07, 6.45) is 4.54. The van der Waals surface area contributed by atoms with Crippen LogP contribution in [0.5, 0.6) is 0 Å². The number of aryl methyl sites for hydroxylation is 1. The molecule has 1 aromatic rings. The molecule has 1 heterocycles. The van der Waals surface area contributed by atoms with E-state index in [1.807, 2.05) is 26.2 Å². The van der Waals surface area contributed by atoms with Crippen molar-refractivity contribution in [3.63, 3.8) is 0 Å². The van der Waals surface area contributed by atoms with Crippen molar-refractivity contribution in [1.82, 2.24) is 9.13 Å². The Morgan fingerprint density at radius 3 is 2.46 bits per heavy atom. The molecule has 3 nitrogen and oxygen atoms in total. The zero-order chi connectivity index (χ0) is 9.84. The quantitative estimate of drug-likeness (QED) is 0.647. The average Bonchev–Trinajstić information content (AvgIpc) is 2.48. The second kappa shape index (κ2) is 4.12. The van der Waals surface area contributed by atoms with E-state index in [0.29, 0.717) is 6.54 Å². The van der Waals surface area contributed by atoms with E-state index < -0.39 is 0 Å². The van der Waals surface area contributed by atoms with Gasteiger partial charge in [0.1, 0.15) is 0 Å². The molecule has 0 radical (unpaired) electrons. The van der Waals surface area contributed by atoms with Gasteiger partial charge in [-0.3, -0.25) is 9.13 Å². The van der Waals surface area contributed by atoms with Gasteiger partial charge in [0.05, 0.1) is 0 Å². The fourth-order valence-electron chi connectivity index (χ4n) is 1.17. The van der Waals surface area contributed by atoms with Crippen molar-refractivity contribution in [2.45, 2.75) is 33.4 Å². The Hall–Kier alpha value is -1.25. The van der Waals surface area contributed by atoms with E-state index in [0.717, 1.165) is 18.5 Å². The minimum atomic E-state index is 0.0529. The number of nitrogens with zero attached hydrogens (tertiary/aromatic N) is 2. The third-order valence-electron chi connectivity index (χ3n) is 2.15. The number of hydrogen-bond acceptors (Lipinski definition) is 1. The first-order chi connectivity index (χ1) is 6.19. The highest BCUT2D eigenvalue weighted by molar-refractivity contribution is 4.95.